The molecule has 1 unspecified atom stereocenters. The second-order valence-corrected chi connectivity index (χ2v) is 4.41. The highest BCUT2D eigenvalue weighted by atomic mass is 19.1. The van der Waals surface area contributed by atoms with Crippen LogP contribution in [0.25, 0.3) is 0 Å². The molecule has 1 aromatic rings. The second-order valence-electron chi connectivity index (χ2n) is 4.41. The van der Waals surface area contributed by atoms with Gasteiger partial charge in [0, 0.05) is 11.5 Å². The van der Waals surface area contributed by atoms with Crippen molar-refractivity contribution in [2.75, 3.05) is 0 Å². The molecule has 1 aliphatic rings. The van der Waals surface area contributed by atoms with Crippen molar-refractivity contribution in [1.82, 2.24) is 0 Å². The third kappa shape index (κ3) is 1.34. The molecule has 0 heterocycles. The van der Waals surface area contributed by atoms with Crippen molar-refractivity contribution in [3.05, 3.63) is 35.1 Å². The molecule has 0 radical (unpaired) electrons. The topological polar surface area (TPSA) is 26.0 Å². The predicted octanol–water partition coefficient (Wildman–Crippen LogP) is 2.51. The van der Waals surface area contributed by atoms with Crippen molar-refractivity contribution in [3.63, 3.8) is 0 Å². The molecule has 0 spiro atoms. The van der Waals surface area contributed by atoms with Gasteiger partial charge in [-0.05, 0) is 43.9 Å². The van der Waals surface area contributed by atoms with E-state index in [4.69, 9.17) is 5.73 Å². The molecule has 1 fully saturated rings. The summed E-state index contributed by atoms with van der Waals surface area (Å²) in [6, 6.07) is 5.52. The summed E-state index contributed by atoms with van der Waals surface area (Å²) in [6.45, 7) is 3.84. The summed E-state index contributed by atoms with van der Waals surface area (Å²) in [7, 11) is 0. The summed E-state index contributed by atoms with van der Waals surface area (Å²) in [6.07, 6.45) is 2.27. The Morgan fingerprint density at radius 1 is 1.43 bits per heavy atom. The van der Waals surface area contributed by atoms with Crippen LogP contribution in [-0.4, -0.2) is 6.04 Å². The molecule has 1 saturated carbocycles. The molecule has 1 nitrogen and oxygen atoms in total. The summed E-state index contributed by atoms with van der Waals surface area (Å²) in [5, 5.41) is 0. The molecular formula is C12H16FN. The molecule has 0 aromatic heterocycles. The molecule has 1 aromatic carbocycles. The molecule has 0 saturated heterocycles. The van der Waals surface area contributed by atoms with E-state index in [2.05, 4.69) is 0 Å². The lowest BCUT2D eigenvalue weighted by Crippen LogP contribution is -2.31. The van der Waals surface area contributed by atoms with Gasteiger partial charge in [-0.25, -0.2) is 4.39 Å². The van der Waals surface area contributed by atoms with Crippen LogP contribution in [0.4, 0.5) is 4.39 Å². The van der Waals surface area contributed by atoms with E-state index in [1.165, 1.54) is 5.56 Å². The first-order chi connectivity index (χ1) is 6.56. The van der Waals surface area contributed by atoms with Crippen LogP contribution in [0.3, 0.4) is 0 Å². The van der Waals surface area contributed by atoms with Gasteiger partial charge in [0.15, 0.2) is 0 Å². The van der Waals surface area contributed by atoms with Crippen LogP contribution in [0.5, 0.6) is 0 Å². The van der Waals surface area contributed by atoms with Crippen molar-refractivity contribution >= 4 is 0 Å². The van der Waals surface area contributed by atoms with Crippen molar-refractivity contribution < 1.29 is 4.39 Å². The Labute approximate surface area is 84.1 Å². The molecule has 1 aliphatic carbocycles. The van der Waals surface area contributed by atoms with Gasteiger partial charge in [0.05, 0.1) is 0 Å². The van der Waals surface area contributed by atoms with Gasteiger partial charge in [-0.2, -0.15) is 0 Å². The monoisotopic (exact) mass is 193 g/mol. The summed E-state index contributed by atoms with van der Waals surface area (Å²) >= 11 is 0. The number of aryl methyl sites for hydroxylation is 1. The van der Waals surface area contributed by atoms with Crippen LogP contribution in [0.1, 0.15) is 30.9 Å². The number of hydrogen-bond acceptors (Lipinski definition) is 1. The van der Waals surface area contributed by atoms with E-state index >= 15 is 0 Å². The Hall–Kier alpha value is -0.890. The lowest BCUT2D eigenvalue weighted by molar-refractivity contribution is 0.552. The van der Waals surface area contributed by atoms with Crippen LogP contribution < -0.4 is 5.73 Å². The van der Waals surface area contributed by atoms with Crippen LogP contribution in [0, 0.1) is 12.7 Å². The highest BCUT2D eigenvalue weighted by molar-refractivity contribution is 5.36. The van der Waals surface area contributed by atoms with Gasteiger partial charge in [0.1, 0.15) is 5.82 Å². The zero-order chi connectivity index (χ0) is 10.3. The summed E-state index contributed by atoms with van der Waals surface area (Å²) in [4.78, 5) is 0. The van der Waals surface area contributed by atoms with Crippen LogP contribution in [0.2, 0.25) is 0 Å². The lowest BCUT2D eigenvalue weighted by atomic mass is 9.88. The number of halogens is 1. The fraction of sp³-hybridized carbons (Fsp3) is 0.500. The van der Waals surface area contributed by atoms with E-state index in [0.29, 0.717) is 0 Å². The van der Waals surface area contributed by atoms with Crippen LogP contribution in [0.15, 0.2) is 18.2 Å². The molecule has 1 atom stereocenters. The van der Waals surface area contributed by atoms with E-state index in [-0.39, 0.29) is 17.3 Å². The molecule has 0 amide bonds. The minimum atomic E-state index is -0.130. The van der Waals surface area contributed by atoms with Gasteiger partial charge in [0.25, 0.3) is 0 Å². The minimum absolute atomic E-state index is 0.130. The maximum Gasteiger partial charge on any atom is 0.126 e. The van der Waals surface area contributed by atoms with E-state index < -0.39 is 0 Å². The standard InChI is InChI=1S/C12H16FN/c1-8-7-10(3-4-11(8)13)12(5-6-12)9(2)14/h3-4,7,9H,5-6,14H2,1-2H3. The summed E-state index contributed by atoms with van der Waals surface area (Å²) in [5.41, 5.74) is 8.01. The molecule has 2 rings (SSSR count). The van der Waals surface area contributed by atoms with Crippen molar-refractivity contribution in [1.29, 1.82) is 0 Å². The highest BCUT2D eigenvalue weighted by Gasteiger charge is 2.47. The quantitative estimate of drug-likeness (QED) is 0.767. The molecule has 2 N–H and O–H groups in total. The zero-order valence-electron chi connectivity index (χ0n) is 8.68. The molecule has 2 heteroatoms. The first-order valence-corrected chi connectivity index (χ1v) is 5.08. The highest BCUT2D eigenvalue weighted by Crippen LogP contribution is 2.50. The smallest absolute Gasteiger partial charge is 0.126 e. The summed E-state index contributed by atoms with van der Waals surface area (Å²) < 4.78 is 13.1. The Morgan fingerprint density at radius 2 is 2.07 bits per heavy atom. The van der Waals surface area contributed by atoms with Gasteiger partial charge >= 0.3 is 0 Å². The number of nitrogens with two attached hydrogens (primary N) is 1. The van der Waals surface area contributed by atoms with Crippen molar-refractivity contribution in [2.45, 2.75) is 38.1 Å². The van der Waals surface area contributed by atoms with Crippen molar-refractivity contribution in [2.24, 2.45) is 5.73 Å². The third-order valence-corrected chi connectivity index (χ3v) is 3.39. The molecule has 14 heavy (non-hydrogen) atoms. The minimum Gasteiger partial charge on any atom is -0.327 e. The molecule has 0 aliphatic heterocycles. The second kappa shape index (κ2) is 3.06. The first kappa shape index (κ1) is 9.66. The van der Waals surface area contributed by atoms with Crippen LogP contribution in [-0.2, 0) is 5.41 Å². The fourth-order valence-corrected chi connectivity index (χ4v) is 2.10. The van der Waals surface area contributed by atoms with E-state index in [9.17, 15) is 4.39 Å². The van der Waals surface area contributed by atoms with Gasteiger partial charge in [-0.3, -0.25) is 0 Å². The van der Waals surface area contributed by atoms with E-state index in [0.717, 1.165) is 18.4 Å². The molecule has 76 valence electrons. The van der Waals surface area contributed by atoms with Gasteiger partial charge in [0.2, 0.25) is 0 Å². The van der Waals surface area contributed by atoms with Gasteiger partial charge in [-0.1, -0.05) is 12.1 Å². The maximum atomic E-state index is 13.1. The predicted molar refractivity (Wildman–Crippen MR) is 55.7 cm³/mol. The maximum absolute atomic E-state index is 13.1. The normalized spacial score (nSPS) is 20.6. The average molecular weight is 193 g/mol. The summed E-state index contributed by atoms with van der Waals surface area (Å²) in [5.74, 6) is -0.130. The lowest BCUT2D eigenvalue weighted by Gasteiger charge is -2.20. The fourth-order valence-electron chi connectivity index (χ4n) is 2.10. The number of hydrogen-bond donors (Lipinski definition) is 1. The Kier molecular flexibility index (Phi) is 2.11. The number of benzene rings is 1. The first-order valence-electron chi connectivity index (χ1n) is 5.08. The molecular weight excluding hydrogens is 177 g/mol. The van der Waals surface area contributed by atoms with Gasteiger partial charge < -0.3 is 5.73 Å². The Bertz CT molecular complexity index is 353. The van der Waals surface area contributed by atoms with Crippen molar-refractivity contribution in [3.8, 4) is 0 Å². The molecule has 0 bridgehead atoms. The average Bonchev–Trinajstić information content (AvgIpc) is 2.90. The van der Waals surface area contributed by atoms with E-state index in [1.54, 1.807) is 13.0 Å². The SMILES string of the molecule is Cc1cc(C2(C(C)N)CC2)ccc1F. The number of rotatable bonds is 2. The third-order valence-electron chi connectivity index (χ3n) is 3.39. The Balaban J connectivity index is 2.38. The Morgan fingerprint density at radius 3 is 2.50 bits per heavy atom. The van der Waals surface area contributed by atoms with Crippen LogP contribution >= 0.6 is 0 Å². The zero-order valence-corrected chi connectivity index (χ0v) is 8.68. The van der Waals surface area contributed by atoms with Gasteiger partial charge in [-0.15, -0.1) is 0 Å². The largest absolute Gasteiger partial charge is 0.327 e. The van der Waals surface area contributed by atoms with E-state index in [1.807, 2.05) is 19.1 Å².